The van der Waals surface area contributed by atoms with Crippen LogP contribution < -0.4 is 5.73 Å². The van der Waals surface area contributed by atoms with Crippen LogP contribution in [0.2, 0.25) is 0 Å². The molecule has 0 bridgehead atoms. The second-order valence-electron chi connectivity index (χ2n) is 2.83. The first-order valence-corrected chi connectivity index (χ1v) is 3.18. The normalized spacial score (nSPS) is 33.3. The Morgan fingerprint density at radius 2 is 2.30 bits per heavy atom. The summed E-state index contributed by atoms with van der Waals surface area (Å²) in [6, 6.07) is 0. The van der Waals surface area contributed by atoms with Gasteiger partial charge in [-0.25, -0.2) is 0 Å². The third-order valence-corrected chi connectivity index (χ3v) is 1.20. The van der Waals surface area contributed by atoms with Gasteiger partial charge in [-0.15, -0.1) is 0 Å². The van der Waals surface area contributed by atoms with E-state index in [-0.39, 0.29) is 0 Å². The molecule has 0 saturated carbocycles. The maximum absolute atomic E-state index is 5.72. The van der Waals surface area contributed by atoms with Crippen molar-refractivity contribution in [3.8, 4) is 0 Å². The summed E-state index contributed by atoms with van der Waals surface area (Å²) < 4.78 is 5.12. The number of nitrogens with two attached hydrogens (primary N) is 1. The molecule has 0 aliphatic carbocycles. The summed E-state index contributed by atoms with van der Waals surface area (Å²) in [5, 5.41) is 3.63. The largest absolute Gasteiger partial charge is 0.477 e. The molecule has 1 atom stereocenters. The van der Waals surface area contributed by atoms with Crippen LogP contribution in [-0.2, 0) is 9.57 Å². The molecule has 1 heterocycles. The number of ether oxygens (including phenoxy) is 1. The third kappa shape index (κ3) is 1.88. The van der Waals surface area contributed by atoms with Gasteiger partial charge in [-0.3, -0.25) is 0 Å². The molecule has 0 aromatic heterocycles. The topological polar surface area (TPSA) is 56.8 Å². The molecule has 0 aromatic carbocycles. The van der Waals surface area contributed by atoms with Gasteiger partial charge in [-0.2, -0.15) is 0 Å². The van der Waals surface area contributed by atoms with Gasteiger partial charge >= 0.3 is 0 Å². The molecule has 4 nitrogen and oxygen atoms in total. The van der Waals surface area contributed by atoms with E-state index in [9.17, 15) is 0 Å². The van der Waals surface area contributed by atoms with Gasteiger partial charge in [-0.05, 0) is 6.92 Å². The highest BCUT2D eigenvalue weighted by Gasteiger charge is 2.23. The molecule has 0 aromatic rings. The summed E-state index contributed by atoms with van der Waals surface area (Å²) in [6.45, 7) is 4.47. The SMILES string of the molecule is CC1=NOCC(C)(N)CO1. The first-order chi connectivity index (χ1) is 4.60. The Morgan fingerprint density at radius 1 is 1.60 bits per heavy atom. The number of oxime groups is 1. The van der Waals surface area contributed by atoms with Crippen molar-refractivity contribution in [2.45, 2.75) is 19.4 Å². The number of hydrogen-bond acceptors (Lipinski definition) is 4. The van der Waals surface area contributed by atoms with E-state index < -0.39 is 5.54 Å². The van der Waals surface area contributed by atoms with Gasteiger partial charge in [0.15, 0.2) is 0 Å². The van der Waals surface area contributed by atoms with E-state index in [1.807, 2.05) is 6.92 Å². The molecular formula is C6H12N2O2. The second-order valence-corrected chi connectivity index (χ2v) is 2.83. The molecule has 2 N–H and O–H groups in total. The van der Waals surface area contributed by atoms with E-state index in [1.54, 1.807) is 6.92 Å². The van der Waals surface area contributed by atoms with Gasteiger partial charge in [0, 0.05) is 6.92 Å². The van der Waals surface area contributed by atoms with Crippen molar-refractivity contribution in [2.24, 2.45) is 10.9 Å². The Labute approximate surface area is 60.0 Å². The fraction of sp³-hybridized carbons (Fsp3) is 0.833. The van der Waals surface area contributed by atoms with E-state index >= 15 is 0 Å². The molecule has 1 unspecified atom stereocenters. The van der Waals surface area contributed by atoms with Crippen LogP contribution in [0.4, 0.5) is 0 Å². The predicted octanol–water partition coefficient (Wildman–Crippen LogP) is 0.0840. The van der Waals surface area contributed by atoms with Gasteiger partial charge in [0.1, 0.15) is 13.2 Å². The lowest BCUT2D eigenvalue weighted by Gasteiger charge is -2.18. The van der Waals surface area contributed by atoms with Crippen LogP contribution in [-0.4, -0.2) is 24.7 Å². The van der Waals surface area contributed by atoms with Crippen molar-refractivity contribution < 1.29 is 9.57 Å². The third-order valence-electron chi connectivity index (χ3n) is 1.20. The fourth-order valence-electron chi connectivity index (χ4n) is 0.608. The van der Waals surface area contributed by atoms with Gasteiger partial charge < -0.3 is 15.3 Å². The van der Waals surface area contributed by atoms with Crippen molar-refractivity contribution in [1.29, 1.82) is 0 Å². The van der Waals surface area contributed by atoms with Crippen LogP contribution in [0.1, 0.15) is 13.8 Å². The van der Waals surface area contributed by atoms with Crippen LogP contribution in [0.3, 0.4) is 0 Å². The number of nitrogens with zero attached hydrogens (tertiary/aromatic N) is 1. The molecule has 58 valence electrons. The Kier molecular flexibility index (Phi) is 1.80. The molecule has 0 saturated heterocycles. The van der Waals surface area contributed by atoms with E-state index in [1.165, 1.54) is 0 Å². The monoisotopic (exact) mass is 144 g/mol. The highest BCUT2D eigenvalue weighted by Crippen LogP contribution is 2.05. The van der Waals surface area contributed by atoms with Crippen molar-refractivity contribution in [2.75, 3.05) is 13.2 Å². The molecular weight excluding hydrogens is 132 g/mol. The summed E-state index contributed by atoms with van der Waals surface area (Å²) in [5.41, 5.74) is 5.30. The average Bonchev–Trinajstić information content (AvgIpc) is 1.94. The summed E-state index contributed by atoms with van der Waals surface area (Å²) in [5.74, 6) is 0.536. The molecule has 1 aliphatic heterocycles. The van der Waals surface area contributed by atoms with E-state index in [0.29, 0.717) is 19.1 Å². The lowest BCUT2D eigenvalue weighted by Crippen LogP contribution is -2.44. The van der Waals surface area contributed by atoms with Gasteiger partial charge in [0.25, 0.3) is 0 Å². The molecule has 4 heteroatoms. The Hall–Kier alpha value is -0.770. The van der Waals surface area contributed by atoms with Crippen molar-refractivity contribution in [1.82, 2.24) is 0 Å². The minimum absolute atomic E-state index is 0.407. The Balaban J connectivity index is 2.52. The van der Waals surface area contributed by atoms with Crippen molar-refractivity contribution in [3.63, 3.8) is 0 Å². The zero-order valence-corrected chi connectivity index (χ0v) is 6.26. The van der Waals surface area contributed by atoms with E-state index in [2.05, 4.69) is 5.16 Å². The standard InChI is InChI=1S/C6H12N2O2/c1-5-8-10-4-6(2,7)3-9-5/h3-4,7H2,1-2H3. The quantitative estimate of drug-likeness (QED) is 0.524. The second kappa shape index (κ2) is 2.46. The summed E-state index contributed by atoms with van der Waals surface area (Å²) in [4.78, 5) is 4.86. The average molecular weight is 144 g/mol. The van der Waals surface area contributed by atoms with E-state index in [4.69, 9.17) is 15.3 Å². The highest BCUT2D eigenvalue weighted by molar-refractivity contribution is 5.72. The number of hydrogen-bond donors (Lipinski definition) is 1. The van der Waals surface area contributed by atoms with Crippen molar-refractivity contribution >= 4 is 5.90 Å². The van der Waals surface area contributed by atoms with Gasteiger partial charge in [-0.1, -0.05) is 5.16 Å². The summed E-state index contributed by atoms with van der Waals surface area (Å²) >= 11 is 0. The maximum atomic E-state index is 5.72. The first kappa shape index (κ1) is 7.34. The Bertz CT molecular complexity index is 154. The molecule has 0 fully saturated rings. The van der Waals surface area contributed by atoms with Crippen LogP contribution in [0, 0.1) is 0 Å². The maximum Gasteiger partial charge on any atom is 0.222 e. The van der Waals surface area contributed by atoms with Crippen LogP contribution in [0.15, 0.2) is 5.16 Å². The smallest absolute Gasteiger partial charge is 0.222 e. The van der Waals surface area contributed by atoms with Gasteiger partial charge in [0.05, 0.1) is 5.54 Å². The zero-order valence-electron chi connectivity index (χ0n) is 6.26. The zero-order chi connectivity index (χ0) is 7.61. The number of rotatable bonds is 0. The molecule has 10 heavy (non-hydrogen) atoms. The Morgan fingerprint density at radius 3 is 3.00 bits per heavy atom. The summed E-state index contributed by atoms with van der Waals surface area (Å²) in [7, 11) is 0. The molecule has 1 aliphatic rings. The van der Waals surface area contributed by atoms with E-state index in [0.717, 1.165) is 0 Å². The lowest BCUT2D eigenvalue weighted by atomic mass is 10.1. The molecule has 1 rings (SSSR count). The fourth-order valence-corrected chi connectivity index (χ4v) is 0.608. The van der Waals surface area contributed by atoms with Crippen molar-refractivity contribution in [3.05, 3.63) is 0 Å². The van der Waals surface area contributed by atoms with Crippen LogP contribution >= 0.6 is 0 Å². The molecule has 0 spiro atoms. The minimum atomic E-state index is -0.415. The van der Waals surface area contributed by atoms with Crippen LogP contribution in [0.25, 0.3) is 0 Å². The van der Waals surface area contributed by atoms with Crippen LogP contribution in [0.5, 0.6) is 0 Å². The minimum Gasteiger partial charge on any atom is -0.477 e. The first-order valence-electron chi connectivity index (χ1n) is 3.18. The predicted molar refractivity (Wildman–Crippen MR) is 37.6 cm³/mol. The molecule has 0 radical (unpaired) electrons. The van der Waals surface area contributed by atoms with Gasteiger partial charge in [0.2, 0.25) is 5.90 Å². The summed E-state index contributed by atoms with van der Waals surface area (Å²) in [6.07, 6.45) is 0. The highest BCUT2D eigenvalue weighted by atomic mass is 16.7. The molecule has 0 amide bonds. The lowest BCUT2D eigenvalue weighted by molar-refractivity contribution is 0.0971.